The first-order chi connectivity index (χ1) is 19.1. The van der Waals surface area contributed by atoms with Crippen LogP contribution in [-0.2, 0) is 17.6 Å². The minimum absolute atomic E-state index is 0.0347. The number of unbranched alkanes of at least 4 members (excludes halogenated alkanes) is 3. The van der Waals surface area contributed by atoms with Crippen molar-refractivity contribution in [3.63, 3.8) is 0 Å². The van der Waals surface area contributed by atoms with Gasteiger partial charge in [-0.1, -0.05) is 85.6 Å². The molecule has 4 aromatic carbocycles. The Bertz CT molecular complexity index is 1510. The summed E-state index contributed by atoms with van der Waals surface area (Å²) in [5, 5.41) is 5.90. The molecule has 1 heterocycles. The number of aryl methyl sites for hydroxylation is 2. The summed E-state index contributed by atoms with van der Waals surface area (Å²) in [4.78, 5) is 39.5. The van der Waals surface area contributed by atoms with E-state index < -0.39 is 0 Å². The molecular formula is C34H32N2O3. The predicted octanol–water partition coefficient (Wildman–Crippen LogP) is 6.39. The highest BCUT2D eigenvalue weighted by atomic mass is 16.2. The molecule has 39 heavy (non-hydrogen) atoms. The van der Waals surface area contributed by atoms with Crippen molar-refractivity contribution in [1.82, 2.24) is 10.2 Å². The first-order valence-corrected chi connectivity index (χ1v) is 13.9. The van der Waals surface area contributed by atoms with Crippen LogP contribution >= 0.6 is 0 Å². The lowest BCUT2D eigenvalue weighted by Gasteiger charge is -2.22. The van der Waals surface area contributed by atoms with Crippen LogP contribution in [0.15, 0.2) is 84.9 Å². The number of hydrogen-bond acceptors (Lipinski definition) is 3. The highest BCUT2D eigenvalue weighted by Gasteiger charge is 2.34. The molecule has 4 aromatic rings. The van der Waals surface area contributed by atoms with Crippen molar-refractivity contribution in [3.05, 3.63) is 118 Å². The Balaban J connectivity index is 1.06. The molecule has 1 N–H and O–H groups in total. The molecule has 5 heteroatoms. The summed E-state index contributed by atoms with van der Waals surface area (Å²) in [5.74, 6) is -0.373. The number of nitrogens with one attached hydrogen (secondary N) is 1. The summed E-state index contributed by atoms with van der Waals surface area (Å²) >= 11 is 0. The second kappa shape index (κ2) is 10.9. The lowest BCUT2D eigenvalue weighted by molar-refractivity contribution is -0.121. The van der Waals surface area contributed by atoms with Crippen LogP contribution in [0.4, 0.5) is 0 Å². The maximum atomic E-state index is 13.1. The van der Waals surface area contributed by atoms with Crippen LogP contribution in [0.5, 0.6) is 0 Å². The van der Waals surface area contributed by atoms with E-state index in [1.54, 1.807) is 24.3 Å². The number of nitrogens with zero attached hydrogens (tertiary/aromatic N) is 1. The van der Waals surface area contributed by atoms with Crippen molar-refractivity contribution in [2.75, 3.05) is 6.54 Å². The van der Waals surface area contributed by atoms with E-state index in [0.29, 0.717) is 24.1 Å². The van der Waals surface area contributed by atoms with Gasteiger partial charge in [-0.25, -0.2) is 0 Å². The summed E-state index contributed by atoms with van der Waals surface area (Å²) in [6.07, 6.45) is 5.82. The lowest BCUT2D eigenvalue weighted by Crippen LogP contribution is -2.30. The first kappa shape index (κ1) is 25.1. The largest absolute Gasteiger partial charge is 0.345 e. The van der Waals surface area contributed by atoms with Crippen LogP contribution in [0.1, 0.15) is 81.1 Å². The summed E-state index contributed by atoms with van der Waals surface area (Å²) in [6.45, 7) is 0.416. The summed E-state index contributed by atoms with van der Waals surface area (Å²) in [5.41, 5.74) is 5.98. The molecule has 0 aromatic heterocycles. The van der Waals surface area contributed by atoms with Gasteiger partial charge in [0.25, 0.3) is 11.8 Å². The van der Waals surface area contributed by atoms with Gasteiger partial charge >= 0.3 is 0 Å². The van der Waals surface area contributed by atoms with Crippen LogP contribution in [0.25, 0.3) is 10.8 Å². The van der Waals surface area contributed by atoms with E-state index in [9.17, 15) is 14.4 Å². The molecule has 0 unspecified atom stereocenters. The number of rotatable bonds is 10. The predicted molar refractivity (Wildman–Crippen MR) is 153 cm³/mol. The van der Waals surface area contributed by atoms with Gasteiger partial charge in [0.05, 0.1) is 17.2 Å². The molecule has 1 aliphatic heterocycles. The average molecular weight is 517 g/mol. The smallest absolute Gasteiger partial charge is 0.261 e. The molecule has 1 aliphatic carbocycles. The minimum atomic E-state index is -0.211. The van der Waals surface area contributed by atoms with Crippen LogP contribution in [-0.4, -0.2) is 29.2 Å². The Morgan fingerprint density at radius 3 is 2.13 bits per heavy atom. The van der Waals surface area contributed by atoms with Gasteiger partial charge in [-0.05, 0) is 70.8 Å². The molecular weight excluding hydrogens is 484 g/mol. The van der Waals surface area contributed by atoms with Gasteiger partial charge in [0.2, 0.25) is 5.91 Å². The molecule has 196 valence electrons. The number of carbonyl (C=O) groups is 3. The fraction of sp³-hybridized carbons (Fsp3) is 0.265. The summed E-state index contributed by atoms with van der Waals surface area (Å²) in [6, 6.07) is 27.9. The van der Waals surface area contributed by atoms with E-state index in [0.717, 1.165) is 49.7 Å². The van der Waals surface area contributed by atoms with Crippen LogP contribution in [0.3, 0.4) is 0 Å². The molecule has 2 aliphatic rings. The number of fused-ring (bicyclic) bond motifs is 1. The fourth-order valence-corrected chi connectivity index (χ4v) is 6.09. The van der Waals surface area contributed by atoms with Crippen LogP contribution in [0, 0.1) is 0 Å². The first-order valence-electron chi connectivity index (χ1n) is 13.9. The highest BCUT2D eigenvalue weighted by molar-refractivity contribution is 6.21. The fourth-order valence-electron chi connectivity index (χ4n) is 6.09. The molecule has 5 nitrogen and oxygen atoms in total. The molecule has 0 saturated carbocycles. The Labute approximate surface area is 228 Å². The standard InChI is InChI=1S/C34H32N2O3/c37-30(17-6-1-2-9-22-36-33(38)28-14-7-8-15-29(28)34(36)39)35-32(25-11-4-3-5-12-25)27-21-20-24-19-18-23-13-10-16-26(27)31(23)24/h3-5,7-8,10-16,20-21,32H,1-2,6,9,17-19,22H2,(H,35,37)/t32-/m1/s1. The monoisotopic (exact) mass is 516 g/mol. The maximum absolute atomic E-state index is 13.1. The maximum Gasteiger partial charge on any atom is 0.261 e. The van der Waals surface area contributed by atoms with Crippen LogP contribution in [0.2, 0.25) is 0 Å². The molecule has 1 atom stereocenters. The third-order valence-electron chi connectivity index (χ3n) is 8.07. The van der Waals surface area contributed by atoms with E-state index in [1.807, 2.05) is 18.2 Å². The van der Waals surface area contributed by atoms with Crippen molar-refractivity contribution < 1.29 is 14.4 Å². The Morgan fingerprint density at radius 2 is 1.38 bits per heavy atom. The number of imide groups is 1. The van der Waals surface area contributed by atoms with E-state index in [1.165, 1.54) is 26.8 Å². The van der Waals surface area contributed by atoms with Crippen molar-refractivity contribution in [3.8, 4) is 0 Å². The Hall–Kier alpha value is -4.25. The molecule has 0 spiro atoms. The van der Waals surface area contributed by atoms with Gasteiger partial charge in [-0.3, -0.25) is 19.3 Å². The molecule has 0 saturated heterocycles. The van der Waals surface area contributed by atoms with Crippen molar-refractivity contribution in [1.29, 1.82) is 0 Å². The third-order valence-corrected chi connectivity index (χ3v) is 8.07. The van der Waals surface area contributed by atoms with E-state index in [-0.39, 0.29) is 23.8 Å². The van der Waals surface area contributed by atoms with E-state index in [4.69, 9.17) is 0 Å². The zero-order valence-corrected chi connectivity index (χ0v) is 22.0. The molecule has 3 amide bonds. The quantitative estimate of drug-likeness (QED) is 0.196. The topological polar surface area (TPSA) is 66.5 Å². The number of hydrogen-bond donors (Lipinski definition) is 1. The SMILES string of the molecule is O=C(CCCCCCN1C(=O)c2ccccc2C1=O)N[C@H](c1ccccc1)c1ccc2c3c(cccc13)CC2. The summed E-state index contributed by atoms with van der Waals surface area (Å²) in [7, 11) is 0. The minimum Gasteiger partial charge on any atom is -0.345 e. The lowest BCUT2D eigenvalue weighted by atomic mass is 9.91. The van der Waals surface area contributed by atoms with Gasteiger partial charge in [0, 0.05) is 13.0 Å². The van der Waals surface area contributed by atoms with Crippen molar-refractivity contribution >= 4 is 28.5 Å². The number of benzene rings is 4. The second-order valence-electron chi connectivity index (χ2n) is 10.5. The van der Waals surface area contributed by atoms with E-state index >= 15 is 0 Å². The second-order valence-corrected chi connectivity index (χ2v) is 10.5. The number of carbonyl (C=O) groups excluding carboxylic acids is 3. The van der Waals surface area contributed by atoms with Gasteiger partial charge in [-0.2, -0.15) is 0 Å². The van der Waals surface area contributed by atoms with Gasteiger partial charge in [0.1, 0.15) is 0 Å². The van der Waals surface area contributed by atoms with Gasteiger partial charge in [-0.15, -0.1) is 0 Å². The normalized spacial score (nSPS) is 14.6. The highest BCUT2D eigenvalue weighted by Crippen LogP contribution is 2.36. The average Bonchev–Trinajstić information content (AvgIpc) is 3.50. The van der Waals surface area contributed by atoms with Crippen LogP contribution < -0.4 is 5.32 Å². The molecule has 0 radical (unpaired) electrons. The zero-order valence-electron chi connectivity index (χ0n) is 22.0. The number of amides is 3. The van der Waals surface area contributed by atoms with Gasteiger partial charge in [0.15, 0.2) is 0 Å². The third kappa shape index (κ3) is 4.85. The van der Waals surface area contributed by atoms with Crippen molar-refractivity contribution in [2.45, 2.75) is 51.0 Å². The zero-order chi connectivity index (χ0) is 26.8. The van der Waals surface area contributed by atoms with Crippen molar-refractivity contribution in [2.24, 2.45) is 0 Å². The molecule has 0 fully saturated rings. The Morgan fingerprint density at radius 1 is 0.718 bits per heavy atom. The van der Waals surface area contributed by atoms with E-state index in [2.05, 4.69) is 47.8 Å². The van der Waals surface area contributed by atoms with Gasteiger partial charge < -0.3 is 5.32 Å². The molecule has 0 bridgehead atoms. The summed E-state index contributed by atoms with van der Waals surface area (Å²) < 4.78 is 0. The molecule has 6 rings (SSSR count). The Kier molecular flexibility index (Phi) is 6.97.